The number of aliphatic imine (C=N–C) groups is 1. The molecule has 112 valence electrons. The predicted molar refractivity (Wildman–Crippen MR) is 75.7 cm³/mol. The van der Waals surface area contributed by atoms with Gasteiger partial charge in [-0.3, -0.25) is 9.79 Å². The largest absolute Gasteiger partial charge is 0.480 e. The number of carbonyl (C=O) groups excluding carboxylic acids is 1. The van der Waals surface area contributed by atoms with Gasteiger partial charge in [-0.1, -0.05) is 0 Å². The molecule has 4 unspecified atom stereocenters. The van der Waals surface area contributed by atoms with Gasteiger partial charge in [-0.15, -0.1) is 0 Å². The van der Waals surface area contributed by atoms with E-state index in [-0.39, 0.29) is 23.8 Å². The van der Waals surface area contributed by atoms with E-state index in [1.54, 1.807) is 11.8 Å². The first-order valence-corrected chi connectivity index (χ1v) is 7.64. The number of fused-ring (bicyclic) bond motifs is 1. The van der Waals surface area contributed by atoms with Crippen LogP contribution >= 0.6 is 11.8 Å². The quantitative estimate of drug-likeness (QED) is 0.244. The first kappa shape index (κ1) is 15.1. The van der Waals surface area contributed by atoms with Crippen molar-refractivity contribution in [3.63, 3.8) is 0 Å². The number of nitrogens with two attached hydrogens (primary N) is 1. The van der Waals surface area contributed by atoms with Crippen LogP contribution in [0.2, 0.25) is 0 Å². The van der Waals surface area contributed by atoms with Gasteiger partial charge in [-0.25, -0.2) is 4.79 Å². The molecule has 2 saturated heterocycles. The number of aliphatic hydroxyl groups excluding tert-OH is 1. The van der Waals surface area contributed by atoms with E-state index < -0.39 is 17.9 Å². The summed E-state index contributed by atoms with van der Waals surface area (Å²) in [4.78, 5) is 28.5. The number of hydrogen-bond donors (Lipinski definition) is 3. The molecule has 2 aliphatic heterocycles. The van der Waals surface area contributed by atoms with Gasteiger partial charge in [0.25, 0.3) is 0 Å². The Bertz CT molecular complexity index is 418. The van der Waals surface area contributed by atoms with Crippen LogP contribution < -0.4 is 5.73 Å². The summed E-state index contributed by atoms with van der Waals surface area (Å²) in [6.07, 6.45) is 2.72. The maximum Gasteiger partial charge on any atom is 0.327 e. The molecular formula is C12H19N3O4S. The Labute approximate surface area is 121 Å². The lowest BCUT2D eigenvalue weighted by molar-refractivity contribution is -0.165. The molecule has 0 radical (unpaired) electrons. The number of rotatable bonds is 7. The summed E-state index contributed by atoms with van der Waals surface area (Å²) in [6, 6.07) is -0.883. The summed E-state index contributed by atoms with van der Waals surface area (Å²) < 4.78 is 0. The molecule has 0 aromatic carbocycles. The maximum absolute atomic E-state index is 11.8. The highest BCUT2D eigenvalue weighted by atomic mass is 32.2. The fourth-order valence-corrected chi connectivity index (χ4v) is 4.26. The Balaban J connectivity index is 1.92. The Kier molecular flexibility index (Phi) is 4.87. The molecule has 0 aromatic heterocycles. The van der Waals surface area contributed by atoms with E-state index >= 15 is 0 Å². The van der Waals surface area contributed by atoms with E-state index in [9.17, 15) is 14.7 Å². The number of carboxylic acid groups (broad SMARTS) is 1. The van der Waals surface area contributed by atoms with Crippen LogP contribution in [0, 0.1) is 5.92 Å². The Morgan fingerprint density at radius 2 is 2.35 bits per heavy atom. The van der Waals surface area contributed by atoms with Gasteiger partial charge < -0.3 is 20.8 Å². The van der Waals surface area contributed by atoms with E-state index in [0.29, 0.717) is 13.0 Å². The zero-order valence-corrected chi connectivity index (χ0v) is 11.8. The number of amides is 1. The number of β-lactam (4-membered cyclic amide) rings is 1. The second kappa shape index (κ2) is 6.45. The van der Waals surface area contributed by atoms with Crippen molar-refractivity contribution >= 4 is 30.0 Å². The lowest BCUT2D eigenvalue weighted by Gasteiger charge is -2.43. The van der Waals surface area contributed by atoms with E-state index in [4.69, 9.17) is 10.8 Å². The lowest BCUT2D eigenvalue weighted by Crippen LogP contribution is -2.63. The molecule has 0 spiro atoms. The number of carbonyl (C=O) groups is 2. The van der Waals surface area contributed by atoms with E-state index in [1.807, 2.05) is 0 Å². The molecule has 4 N–H and O–H groups in total. The molecule has 2 fully saturated rings. The first-order valence-electron chi connectivity index (χ1n) is 6.59. The summed E-state index contributed by atoms with van der Waals surface area (Å²) in [7, 11) is 0. The molecule has 20 heavy (non-hydrogen) atoms. The van der Waals surface area contributed by atoms with Crippen LogP contribution in [0.1, 0.15) is 12.8 Å². The van der Waals surface area contributed by atoms with Crippen molar-refractivity contribution in [3.8, 4) is 0 Å². The standard InChI is InChI=1S/C12H19N3O4S/c13-6-14-2-1-3-20-9-4-8-7(5-16)11(17)15(8)10(9)12(18)19/h6-10,16H,1-5H2,(H2,13,14)(H,18,19). The fraction of sp³-hybridized carbons (Fsp3) is 0.750. The third kappa shape index (κ3) is 2.62. The van der Waals surface area contributed by atoms with Crippen LogP contribution in [0.25, 0.3) is 0 Å². The Morgan fingerprint density at radius 1 is 1.60 bits per heavy atom. The number of carboxylic acids is 1. The molecule has 0 aromatic rings. The average molecular weight is 301 g/mol. The maximum atomic E-state index is 11.8. The fourth-order valence-electron chi connectivity index (χ4n) is 2.90. The molecule has 2 rings (SSSR count). The van der Waals surface area contributed by atoms with Crippen molar-refractivity contribution in [3.05, 3.63) is 0 Å². The molecule has 2 aliphatic rings. The molecule has 1 amide bonds. The third-order valence-electron chi connectivity index (χ3n) is 3.84. The van der Waals surface area contributed by atoms with Crippen LogP contribution in [0.3, 0.4) is 0 Å². The predicted octanol–water partition coefficient (Wildman–Crippen LogP) is -0.858. The topological polar surface area (TPSA) is 116 Å². The van der Waals surface area contributed by atoms with Crippen LogP contribution in [-0.2, 0) is 9.59 Å². The lowest BCUT2D eigenvalue weighted by atomic mass is 9.89. The second-order valence-corrected chi connectivity index (χ2v) is 6.29. The van der Waals surface area contributed by atoms with Gasteiger partial charge >= 0.3 is 5.97 Å². The van der Waals surface area contributed by atoms with Gasteiger partial charge in [0.2, 0.25) is 5.91 Å². The van der Waals surface area contributed by atoms with Crippen molar-refractivity contribution < 1.29 is 19.8 Å². The van der Waals surface area contributed by atoms with Crippen molar-refractivity contribution in [2.45, 2.75) is 30.2 Å². The molecule has 7 nitrogen and oxygen atoms in total. The molecule has 4 atom stereocenters. The molecular weight excluding hydrogens is 282 g/mol. The molecule has 2 heterocycles. The summed E-state index contributed by atoms with van der Waals surface area (Å²) in [6.45, 7) is 0.425. The van der Waals surface area contributed by atoms with E-state index in [0.717, 1.165) is 12.2 Å². The summed E-state index contributed by atoms with van der Waals surface area (Å²) in [5.41, 5.74) is 5.14. The van der Waals surface area contributed by atoms with Gasteiger partial charge in [-0.05, 0) is 18.6 Å². The minimum absolute atomic E-state index is 0.111. The summed E-state index contributed by atoms with van der Waals surface area (Å²) in [5, 5.41) is 18.4. The number of thioether (sulfide) groups is 1. The number of hydrogen-bond acceptors (Lipinski definition) is 5. The molecule has 0 aliphatic carbocycles. The van der Waals surface area contributed by atoms with Gasteiger partial charge in [0.1, 0.15) is 6.04 Å². The van der Waals surface area contributed by atoms with E-state index in [1.165, 1.54) is 11.2 Å². The highest BCUT2D eigenvalue weighted by Crippen LogP contribution is 2.44. The molecule has 8 heteroatoms. The minimum atomic E-state index is -0.963. The first-order chi connectivity index (χ1) is 9.61. The van der Waals surface area contributed by atoms with Gasteiger partial charge in [0.15, 0.2) is 0 Å². The zero-order valence-electron chi connectivity index (χ0n) is 11.0. The Morgan fingerprint density at radius 3 is 2.95 bits per heavy atom. The minimum Gasteiger partial charge on any atom is -0.480 e. The summed E-state index contributed by atoms with van der Waals surface area (Å²) >= 11 is 1.56. The van der Waals surface area contributed by atoms with Crippen molar-refractivity contribution in [2.24, 2.45) is 16.6 Å². The average Bonchev–Trinajstić information content (AvgIpc) is 2.74. The van der Waals surface area contributed by atoms with Gasteiger partial charge in [0, 0.05) is 17.8 Å². The monoisotopic (exact) mass is 301 g/mol. The number of nitrogens with zero attached hydrogens (tertiary/aromatic N) is 2. The van der Waals surface area contributed by atoms with Crippen LogP contribution in [-0.4, -0.2) is 69.6 Å². The van der Waals surface area contributed by atoms with E-state index in [2.05, 4.69) is 4.99 Å². The van der Waals surface area contributed by atoms with Crippen LogP contribution in [0.15, 0.2) is 4.99 Å². The van der Waals surface area contributed by atoms with Crippen LogP contribution in [0.5, 0.6) is 0 Å². The number of aliphatic carboxylic acids is 1. The van der Waals surface area contributed by atoms with Gasteiger partial charge in [-0.2, -0.15) is 11.8 Å². The Hall–Kier alpha value is -1.28. The van der Waals surface area contributed by atoms with Crippen molar-refractivity contribution in [1.29, 1.82) is 0 Å². The smallest absolute Gasteiger partial charge is 0.327 e. The van der Waals surface area contributed by atoms with Crippen molar-refractivity contribution in [2.75, 3.05) is 18.9 Å². The zero-order chi connectivity index (χ0) is 14.7. The normalized spacial score (nSPS) is 32.5. The third-order valence-corrected chi connectivity index (χ3v) is 5.24. The molecule has 0 saturated carbocycles. The number of aliphatic hydroxyl groups is 1. The molecule has 0 bridgehead atoms. The van der Waals surface area contributed by atoms with Crippen molar-refractivity contribution in [1.82, 2.24) is 4.90 Å². The summed E-state index contributed by atoms with van der Waals surface area (Å²) in [5.74, 6) is -0.829. The highest BCUT2D eigenvalue weighted by Gasteiger charge is 2.59. The second-order valence-electron chi connectivity index (χ2n) is 4.94. The van der Waals surface area contributed by atoms with Gasteiger partial charge in [0.05, 0.1) is 18.9 Å². The van der Waals surface area contributed by atoms with Crippen LogP contribution in [0.4, 0.5) is 0 Å². The SMILES string of the molecule is NC=NCCCSC1CC2C(CO)C(=O)N2C1C(=O)O. The highest BCUT2D eigenvalue weighted by molar-refractivity contribution is 8.00.